The van der Waals surface area contributed by atoms with Crippen molar-refractivity contribution in [2.75, 3.05) is 26.0 Å². The van der Waals surface area contributed by atoms with Crippen molar-refractivity contribution in [2.45, 2.75) is 57.3 Å². The number of Topliss-reactive ketones (excluding diaryl/α,β-unsaturated/α-hetero) is 4. The number of fused-ring (bicyclic) bond motifs is 4. The van der Waals surface area contributed by atoms with Crippen LogP contribution < -0.4 is 11.1 Å². The first-order valence-corrected chi connectivity index (χ1v) is 13.4. The largest absolute Gasteiger partial charge is 0.505 e. The van der Waals surface area contributed by atoms with Crippen molar-refractivity contribution in [3.05, 3.63) is 22.5 Å². The number of nitrogens with two attached hydrogens (primary N) is 1. The number of benzene rings is 1. The standard InChI is InChI=1S/C28H33FN4O8/c1-27(2,3)33-8-12-18(29)11-6-10-7-13-20(32(4)5)23(37)17(26(30)40)25(39)28(13,41)24(38)15(10)21(35)16(11)22(36)19(12)31-14(34)9-33/h10,13,15,17,20,36,41H,6-9H2,1-5H3,(H2,30,40)(H,31,34)/t10-,13-,15?,17?,20-,28-/m0/s1. The van der Waals surface area contributed by atoms with Crippen LogP contribution in [-0.2, 0) is 36.9 Å². The van der Waals surface area contributed by atoms with Crippen molar-refractivity contribution in [3.8, 4) is 5.75 Å². The third-order valence-corrected chi connectivity index (χ3v) is 9.16. The van der Waals surface area contributed by atoms with Gasteiger partial charge in [-0.1, -0.05) is 0 Å². The number of aliphatic hydroxyl groups is 1. The molecule has 2 saturated carbocycles. The predicted octanol–water partition coefficient (Wildman–Crippen LogP) is -0.441. The van der Waals surface area contributed by atoms with Gasteiger partial charge in [-0.05, 0) is 53.6 Å². The maximum absolute atomic E-state index is 16.2. The first-order valence-electron chi connectivity index (χ1n) is 13.4. The second kappa shape index (κ2) is 9.23. The molecule has 1 aliphatic heterocycles. The molecule has 0 aromatic heterocycles. The van der Waals surface area contributed by atoms with E-state index in [9.17, 15) is 39.0 Å². The highest BCUT2D eigenvalue weighted by molar-refractivity contribution is 6.32. The first-order chi connectivity index (χ1) is 18.9. The Kier molecular flexibility index (Phi) is 6.52. The highest BCUT2D eigenvalue weighted by atomic mass is 19.1. The first kappa shape index (κ1) is 29.0. The highest BCUT2D eigenvalue weighted by Gasteiger charge is 2.69. The van der Waals surface area contributed by atoms with Crippen LogP contribution in [0.5, 0.6) is 5.75 Å². The number of ketones is 4. The third kappa shape index (κ3) is 3.97. The quantitative estimate of drug-likeness (QED) is 0.267. The van der Waals surface area contributed by atoms with Gasteiger partial charge in [0.15, 0.2) is 40.4 Å². The summed E-state index contributed by atoms with van der Waals surface area (Å²) in [5, 5.41) is 25.4. The Bertz CT molecular complexity index is 1450. The van der Waals surface area contributed by atoms with Crippen molar-refractivity contribution in [1.29, 1.82) is 0 Å². The van der Waals surface area contributed by atoms with Crippen molar-refractivity contribution in [2.24, 2.45) is 29.4 Å². The number of amides is 2. The smallest absolute Gasteiger partial charge is 0.238 e. The van der Waals surface area contributed by atoms with E-state index in [2.05, 4.69) is 5.32 Å². The lowest BCUT2D eigenvalue weighted by Crippen LogP contribution is -2.74. The molecule has 0 bridgehead atoms. The number of halogens is 1. The second-order valence-corrected chi connectivity index (χ2v) is 12.7. The number of hydrogen-bond acceptors (Lipinski definition) is 10. The number of nitrogens with zero attached hydrogens (tertiary/aromatic N) is 2. The van der Waals surface area contributed by atoms with E-state index in [1.165, 1.54) is 19.0 Å². The van der Waals surface area contributed by atoms with Crippen LogP contribution in [0.25, 0.3) is 0 Å². The Morgan fingerprint density at radius 1 is 1.10 bits per heavy atom. The Labute approximate surface area is 235 Å². The molecule has 2 amide bonds. The number of likely N-dealkylation sites (N-methyl/N-ethyl adjacent to an activating group) is 1. The van der Waals surface area contributed by atoms with Crippen LogP contribution in [0.3, 0.4) is 0 Å². The zero-order chi connectivity index (χ0) is 30.5. The van der Waals surface area contributed by atoms with Crippen molar-refractivity contribution in [3.63, 3.8) is 0 Å². The normalized spacial score (nSPS) is 32.1. The van der Waals surface area contributed by atoms with E-state index < -0.39 is 92.9 Å². The van der Waals surface area contributed by atoms with E-state index in [0.29, 0.717) is 0 Å². The molecule has 220 valence electrons. The molecule has 0 saturated heterocycles. The molecule has 2 fully saturated rings. The van der Waals surface area contributed by atoms with Gasteiger partial charge in [-0.3, -0.25) is 38.6 Å². The fourth-order valence-electron chi connectivity index (χ4n) is 7.11. The van der Waals surface area contributed by atoms with Crippen LogP contribution in [-0.4, -0.2) is 92.8 Å². The van der Waals surface area contributed by atoms with E-state index in [4.69, 9.17) is 5.73 Å². The second-order valence-electron chi connectivity index (χ2n) is 12.7. The van der Waals surface area contributed by atoms with Gasteiger partial charge < -0.3 is 21.3 Å². The third-order valence-electron chi connectivity index (χ3n) is 9.16. The molecule has 3 aliphatic carbocycles. The van der Waals surface area contributed by atoms with Crippen LogP contribution in [0.15, 0.2) is 0 Å². The molecular formula is C28H33FN4O8. The number of nitrogens with one attached hydrogen (secondary N) is 1. The Hall–Kier alpha value is -3.55. The minimum atomic E-state index is -2.88. The minimum Gasteiger partial charge on any atom is -0.505 e. The van der Waals surface area contributed by atoms with E-state index in [1.54, 1.807) is 4.90 Å². The van der Waals surface area contributed by atoms with Gasteiger partial charge in [0.1, 0.15) is 5.82 Å². The summed E-state index contributed by atoms with van der Waals surface area (Å²) in [6, 6.07) is -1.25. The molecule has 1 aromatic carbocycles. The van der Waals surface area contributed by atoms with Gasteiger partial charge in [-0.25, -0.2) is 4.39 Å². The maximum Gasteiger partial charge on any atom is 0.238 e. The molecule has 2 unspecified atom stereocenters. The summed E-state index contributed by atoms with van der Waals surface area (Å²) >= 11 is 0. The molecule has 0 spiro atoms. The molecular weight excluding hydrogens is 539 g/mol. The fraction of sp³-hybridized carbons (Fsp3) is 0.571. The molecule has 4 aliphatic rings. The number of anilines is 1. The van der Waals surface area contributed by atoms with Gasteiger partial charge >= 0.3 is 0 Å². The molecule has 5 N–H and O–H groups in total. The van der Waals surface area contributed by atoms with Gasteiger partial charge in [-0.15, -0.1) is 0 Å². The number of carbonyl (C=O) groups is 6. The van der Waals surface area contributed by atoms with Crippen LogP contribution in [0.1, 0.15) is 48.7 Å². The monoisotopic (exact) mass is 572 g/mol. The summed E-state index contributed by atoms with van der Waals surface area (Å²) in [4.78, 5) is 82.2. The lowest BCUT2D eigenvalue weighted by Gasteiger charge is -2.52. The summed E-state index contributed by atoms with van der Waals surface area (Å²) in [6.07, 6.45) is -0.395. The molecule has 6 atom stereocenters. The van der Waals surface area contributed by atoms with Gasteiger partial charge in [0.25, 0.3) is 0 Å². The van der Waals surface area contributed by atoms with E-state index in [-0.39, 0.29) is 42.7 Å². The molecule has 0 radical (unpaired) electrons. The SMILES string of the molecule is CN(C)[C@@H]1C(=O)C(C(N)=O)C(=O)[C@@]2(O)C(=O)C3C(=O)c4c(O)c5c(c(F)c4C[C@H]3C[C@@H]12)CN(C(C)(C)C)CC(=O)N5. The molecule has 41 heavy (non-hydrogen) atoms. The Balaban J connectivity index is 1.66. The zero-order valence-corrected chi connectivity index (χ0v) is 23.4. The number of phenols is 1. The molecule has 1 heterocycles. The number of hydrogen-bond donors (Lipinski definition) is 4. The number of rotatable bonds is 2. The van der Waals surface area contributed by atoms with E-state index >= 15 is 4.39 Å². The molecule has 13 heteroatoms. The lowest BCUT2D eigenvalue weighted by molar-refractivity contribution is -0.181. The molecule has 12 nitrogen and oxygen atoms in total. The summed E-state index contributed by atoms with van der Waals surface area (Å²) in [6.45, 7) is 5.40. The average molecular weight is 573 g/mol. The number of phenolic OH excluding ortho intramolecular Hbond substituents is 1. The van der Waals surface area contributed by atoms with Crippen molar-refractivity contribution < 1.29 is 43.4 Å². The summed E-state index contributed by atoms with van der Waals surface area (Å²) in [5.41, 5.74) is 0.981. The summed E-state index contributed by atoms with van der Waals surface area (Å²) in [7, 11) is 2.97. The van der Waals surface area contributed by atoms with Crippen LogP contribution >= 0.6 is 0 Å². The van der Waals surface area contributed by atoms with Gasteiger partial charge in [-0.2, -0.15) is 0 Å². The van der Waals surface area contributed by atoms with Crippen LogP contribution in [0.2, 0.25) is 0 Å². The highest BCUT2D eigenvalue weighted by Crippen LogP contribution is 2.52. The number of primary amides is 1. The average Bonchev–Trinajstić information content (AvgIpc) is 3.03. The van der Waals surface area contributed by atoms with E-state index in [1.807, 2.05) is 20.8 Å². The van der Waals surface area contributed by atoms with E-state index in [0.717, 1.165) is 0 Å². The number of aromatic hydroxyl groups is 1. The Morgan fingerprint density at radius 3 is 2.29 bits per heavy atom. The van der Waals surface area contributed by atoms with Gasteiger partial charge in [0.05, 0.1) is 29.8 Å². The summed E-state index contributed by atoms with van der Waals surface area (Å²) < 4.78 is 16.2. The molecule has 1 aromatic rings. The maximum atomic E-state index is 16.2. The van der Waals surface area contributed by atoms with Crippen molar-refractivity contribution in [1.82, 2.24) is 9.80 Å². The topological polar surface area (TPSA) is 187 Å². The van der Waals surface area contributed by atoms with Gasteiger partial charge in [0.2, 0.25) is 11.8 Å². The van der Waals surface area contributed by atoms with Gasteiger partial charge in [0, 0.05) is 29.1 Å². The number of carbonyl (C=O) groups excluding carboxylic acids is 6. The van der Waals surface area contributed by atoms with Crippen LogP contribution in [0.4, 0.5) is 10.1 Å². The fourth-order valence-corrected chi connectivity index (χ4v) is 7.11. The zero-order valence-electron chi connectivity index (χ0n) is 23.4. The Morgan fingerprint density at radius 2 is 1.73 bits per heavy atom. The minimum absolute atomic E-state index is 0.00888. The summed E-state index contributed by atoms with van der Waals surface area (Å²) in [5.74, 6) is -13.8. The lowest BCUT2D eigenvalue weighted by atomic mass is 9.52. The molecule has 5 rings (SSSR count). The van der Waals surface area contributed by atoms with Crippen molar-refractivity contribution >= 4 is 40.6 Å². The predicted molar refractivity (Wildman–Crippen MR) is 140 cm³/mol. The van der Waals surface area contributed by atoms with Crippen LogP contribution in [0, 0.1) is 29.5 Å².